The molecular weight excluding hydrogens is 358 g/mol. The number of nitrogens with zero attached hydrogens (tertiary/aromatic N) is 4. The smallest absolute Gasteiger partial charge is 0.269 e. The van der Waals surface area contributed by atoms with E-state index >= 15 is 0 Å². The van der Waals surface area contributed by atoms with E-state index < -0.39 is 4.92 Å². The summed E-state index contributed by atoms with van der Waals surface area (Å²) < 4.78 is 1.69. The number of aromatic amines is 1. The van der Waals surface area contributed by atoms with Crippen molar-refractivity contribution in [3.63, 3.8) is 0 Å². The second kappa shape index (κ2) is 7.28. The lowest BCUT2D eigenvalue weighted by molar-refractivity contribution is -0.384. The van der Waals surface area contributed by atoms with Crippen molar-refractivity contribution in [3.8, 4) is 0 Å². The van der Waals surface area contributed by atoms with Gasteiger partial charge in [0.1, 0.15) is 11.2 Å². The maximum absolute atomic E-state index is 12.3. The number of aromatic nitrogens is 4. The SMILES string of the molecule is O=c1[nH]c(C=Cc2ccc([N+](=O)[O-])cc2)nc2nn(Cc3ccccc3)cc12. The molecule has 2 aromatic carbocycles. The van der Waals surface area contributed by atoms with Crippen LogP contribution < -0.4 is 5.56 Å². The van der Waals surface area contributed by atoms with Crippen molar-refractivity contribution in [1.29, 1.82) is 0 Å². The van der Waals surface area contributed by atoms with Gasteiger partial charge in [-0.15, -0.1) is 0 Å². The lowest BCUT2D eigenvalue weighted by Crippen LogP contribution is -2.08. The van der Waals surface area contributed by atoms with E-state index in [4.69, 9.17) is 0 Å². The number of rotatable bonds is 5. The van der Waals surface area contributed by atoms with Gasteiger partial charge >= 0.3 is 0 Å². The first-order valence-electron chi connectivity index (χ1n) is 8.52. The molecule has 0 aliphatic rings. The molecule has 0 aliphatic carbocycles. The van der Waals surface area contributed by atoms with E-state index in [0.717, 1.165) is 11.1 Å². The number of nitro benzene ring substituents is 1. The highest BCUT2D eigenvalue weighted by Gasteiger charge is 2.08. The number of hydrogen-bond donors (Lipinski definition) is 1. The van der Waals surface area contributed by atoms with Gasteiger partial charge in [-0.25, -0.2) is 4.98 Å². The van der Waals surface area contributed by atoms with Gasteiger partial charge in [-0.05, 0) is 29.3 Å². The quantitative estimate of drug-likeness (QED) is 0.427. The van der Waals surface area contributed by atoms with Crippen LogP contribution in [0.3, 0.4) is 0 Å². The van der Waals surface area contributed by atoms with Gasteiger partial charge in [-0.2, -0.15) is 5.10 Å². The van der Waals surface area contributed by atoms with Crippen LogP contribution >= 0.6 is 0 Å². The lowest BCUT2D eigenvalue weighted by atomic mass is 10.2. The van der Waals surface area contributed by atoms with Crippen molar-refractivity contribution < 1.29 is 4.92 Å². The van der Waals surface area contributed by atoms with E-state index in [9.17, 15) is 14.9 Å². The van der Waals surface area contributed by atoms with Gasteiger partial charge in [-0.3, -0.25) is 19.6 Å². The predicted octanol–water partition coefficient (Wildman–Crippen LogP) is 3.25. The van der Waals surface area contributed by atoms with Gasteiger partial charge in [0.2, 0.25) is 0 Å². The molecule has 8 heteroatoms. The average Bonchev–Trinajstić information content (AvgIpc) is 3.10. The molecule has 0 aliphatic heterocycles. The van der Waals surface area contributed by atoms with Crippen molar-refractivity contribution in [1.82, 2.24) is 19.7 Å². The van der Waals surface area contributed by atoms with Crippen molar-refractivity contribution in [2.75, 3.05) is 0 Å². The van der Waals surface area contributed by atoms with E-state index in [2.05, 4.69) is 15.1 Å². The molecule has 0 saturated heterocycles. The molecule has 8 nitrogen and oxygen atoms in total. The highest BCUT2D eigenvalue weighted by Crippen LogP contribution is 2.14. The number of nitrogens with one attached hydrogen (secondary N) is 1. The fourth-order valence-electron chi connectivity index (χ4n) is 2.79. The Bertz CT molecular complexity index is 1220. The van der Waals surface area contributed by atoms with Crippen LogP contribution in [0.1, 0.15) is 17.0 Å². The maximum atomic E-state index is 12.3. The summed E-state index contributed by atoms with van der Waals surface area (Å²) in [4.78, 5) is 29.7. The normalized spacial score (nSPS) is 11.3. The third-order valence-electron chi connectivity index (χ3n) is 4.18. The summed E-state index contributed by atoms with van der Waals surface area (Å²) in [5.74, 6) is 0.362. The summed E-state index contributed by atoms with van der Waals surface area (Å²) in [5, 5.41) is 15.5. The zero-order valence-corrected chi connectivity index (χ0v) is 14.6. The number of non-ortho nitro benzene ring substituents is 1. The van der Waals surface area contributed by atoms with Gasteiger partial charge in [0.25, 0.3) is 11.2 Å². The molecule has 4 rings (SSSR count). The molecule has 138 valence electrons. The Labute approximate surface area is 158 Å². The molecule has 0 saturated carbocycles. The van der Waals surface area contributed by atoms with E-state index in [1.165, 1.54) is 12.1 Å². The third kappa shape index (κ3) is 3.70. The van der Waals surface area contributed by atoms with Crippen molar-refractivity contribution in [2.45, 2.75) is 6.54 Å². The van der Waals surface area contributed by atoms with Crippen LogP contribution in [0.2, 0.25) is 0 Å². The Balaban J connectivity index is 1.59. The van der Waals surface area contributed by atoms with Crippen molar-refractivity contribution in [3.05, 3.63) is 98.2 Å². The largest absolute Gasteiger partial charge is 0.306 e. The van der Waals surface area contributed by atoms with Crippen LogP contribution in [0.4, 0.5) is 5.69 Å². The van der Waals surface area contributed by atoms with Gasteiger partial charge in [0, 0.05) is 18.3 Å². The second-order valence-electron chi connectivity index (χ2n) is 6.18. The first kappa shape index (κ1) is 17.3. The third-order valence-corrected chi connectivity index (χ3v) is 4.18. The number of hydrogen-bond acceptors (Lipinski definition) is 5. The van der Waals surface area contributed by atoms with E-state index in [1.807, 2.05) is 30.3 Å². The first-order valence-corrected chi connectivity index (χ1v) is 8.52. The summed E-state index contributed by atoms with van der Waals surface area (Å²) in [7, 11) is 0. The Morgan fingerprint density at radius 2 is 1.82 bits per heavy atom. The highest BCUT2D eigenvalue weighted by molar-refractivity contribution is 5.75. The van der Waals surface area contributed by atoms with E-state index in [-0.39, 0.29) is 11.2 Å². The van der Waals surface area contributed by atoms with Gasteiger partial charge in [0.05, 0.1) is 11.5 Å². The molecule has 0 unspecified atom stereocenters. The molecule has 28 heavy (non-hydrogen) atoms. The minimum absolute atomic E-state index is 0.0223. The van der Waals surface area contributed by atoms with Gasteiger partial charge in [-0.1, -0.05) is 36.4 Å². The molecular formula is C20H15N5O3. The molecule has 0 bridgehead atoms. The predicted molar refractivity (Wildman–Crippen MR) is 106 cm³/mol. The van der Waals surface area contributed by atoms with Crippen LogP contribution in [-0.2, 0) is 6.54 Å². The summed E-state index contributed by atoms with van der Waals surface area (Å²) >= 11 is 0. The maximum Gasteiger partial charge on any atom is 0.269 e. The Hall–Kier alpha value is -4.07. The Morgan fingerprint density at radius 3 is 2.54 bits per heavy atom. The molecule has 2 heterocycles. The average molecular weight is 373 g/mol. The molecule has 0 radical (unpaired) electrons. The molecule has 0 amide bonds. The topological polar surface area (TPSA) is 107 Å². The zero-order chi connectivity index (χ0) is 19.5. The first-order chi connectivity index (χ1) is 13.6. The number of benzene rings is 2. The van der Waals surface area contributed by atoms with Crippen LogP contribution in [0.5, 0.6) is 0 Å². The van der Waals surface area contributed by atoms with Crippen LogP contribution in [0.15, 0.2) is 65.6 Å². The minimum Gasteiger partial charge on any atom is -0.306 e. The molecule has 0 fully saturated rings. The molecule has 0 atom stereocenters. The zero-order valence-electron chi connectivity index (χ0n) is 14.6. The summed E-state index contributed by atoms with van der Waals surface area (Å²) in [6.45, 7) is 0.546. The van der Waals surface area contributed by atoms with Crippen LogP contribution in [0, 0.1) is 10.1 Å². The molecule has 1 N–H and O–H groups in total. The number of fused-ring (bicyclic) bond motifs is 1. The van der Waals surface area contributed by atoms with E-state index in [1.54, 1.807) is 35.2 Å². The standard InChI is InChI=1S/C20H15N5O3/c26-20-17-13-24(12-15-4-2-1-3-5-15)23-19(17)21-18(22-20)11-8-14-6-9-16(10-7-14)25(27)28/h1-11,13H,12H2,(H,21,22,23,26). The van der Waals surface area contributed by atoms with Crippen LogP contribution in [-0.4, -0.2) is 24.7 Å². The highest BCUT2D eigenvalue weighted by atomic mass is 16.6. The molecule has 2 aromatic heterocycles. The summed E-state index contributed by atoms with van der Waals surface area (Å²) in [6.07, 6.45) is 5.03. The van der Waals surface area contributed by atoms with Crippen molar-refractivity contribution >= 4 is 28.9 Å². The lowest BCUT2D eigenvalue weighted by Gasteiger charge is -1.99. The van der Waals surface area contributed by atoms with Gasteiger partial charge in [0.15, 0.2) is 5.65 Å². The number of H-pyrrole nitrogens is 1. The van der Waals surface area contributed by atoms with E-state index in [0.29, 0.717) is 23.4 Å². The number of nitro groups is 1. The fourth-order valence-corrected chi connectivity index (χ4v) is 2.79. The fraction of sp³-hybridized carbons (Fsp3) is 0.0500. The molecule has 0 spiro atoms. The molecule has 4 aromatic rings. The second-order valence-corrected chi connectivity index (χ2v) is 6.18. The summed E-state index contributed by atoms with van der Waals surface area (Å²) in [5.41, 5.74) is 1.94. The minimum atomic E-state index is -0.452. The van der Waals surface area contributed by atoms with Gasteiger partial charge < -0.3 is 4.98 Å². The van der Waals surface area contributed by atoms with Crippen molar-refractivity contribution in [2.24, 2.45) is 0 Å². The Kier molecular flexibility index (Phi) is 4.51. The monoisotopic (exact) mass is 373 g/mol. The Morgan fingerprint density at radius 1 is 1.07 bits per heavy atom. The van der Waals surface area contributed by atoms with Crippen LogP contribution in [0.25, 0.3) is 23.2 Å². The summed E-state index contributed by atoms with van der Waals surface area (Å²) in [6, 6.07) is 15.9.